The van der Waals surface area contributed by atoms with Gasteiger partial charge in [-0.1, -0.05) is 57.5 Å². The Morgan fingerprint density at radius 1 is 1.27 bits per heavy atom. The maximum absolute atomic E-state index is 5.80. The van der Waals surface area contributed by atoms with Crippen LogP contribution < -0.4 is 4.74 Å². The van der Waals surface area contributed by atoms with Crippen LogP contribution in [0.2, 0.25) is 0 Å². The van der Waals surface area contributed by atoms with Crippen LogP contribution in [-0.4, -0.2) is 6.61 Å². The molecular weight excluding hydrogens is 184 g/mol. The number of ether oxygens (including phenoxy) is 1. The lowest BCUT2D eigenvalue weighted by atomic mass is 10.1. The van der Waals surface area contributed by atoms with E-state index in [0.29, 0.717) is 5.92 Å². The van der Waals surface area contributed by atoms with Gasteiger partial charge in [-0.05, 0) is 12.0 Å². The first kappa shape index (κ1) is 11.8. The lowest BCUT2D eigenvalue weighted by Gasteiger charge is -2.15. The van der Waals surface area contributed by atoms with Crippen molar-refractivity contribution in [3.63, 3.8) is 0 Å². The molecular formula is C14H20O. The summed E-state index contributed by atoms with van der Waals surface area (Å²) in [7, 11) is 0. The van der Waals surface area contributed by atoms with Gasteiger partial charge in [0.15, 0.2) is 0 Å². The number of hydrogen-bond acceptors (Lipinski definition) is 1. The summed E-state index contributed by atoms with van der Waals surface area (Å²) in [5, 5.41) is 0. The molecule has 0 aliphatic heterocycles. The summed E-state index contributed by atoms with van der Waals surface area (Å²) in [6.07, 6.45) is 4.18. The van der Waals surface area contributed by atoms with Gasteiger partial charge in [-0.2, -0.15) is 0 Å². The first-order chi connectivity index (χ1) is 7.31. The van der Waals surface area contributed by atoms with Crippen LogP contribution in [0, 0.1) is 5.92 Å². The van der Waals surface area contributed by atoms with E-state index in [0.717, 1.165) is 17.9 Å². The molecule has 0 fully saturated rings. The summed E-state index contributed by atoms with van der Waals surface area (Å²) in [6, 6.07) is 8.02. The van der Waals surface area contributed by atoms with Crippen molar-refractivity contribution >= 4 is 6.08 Å². The van der Waals surface area contributed by atoms with E-state index in [-0.39, 0.29) is 0 Å². The first-order valence-corrected chi connectivity index (χ1v) is 5.66. The van der Waals surface area contributed by atoms with Crippen LogP contribution in [0.4, 0.5) is 0 Å². The zero-order valence-corrected chi connectivity index (χ0v) is 9.70. The monoisotopic (exact) mass is 204 g/mol. The van der Waals surface area contributed by atoms with E-state index in [4.69, 9.17) is 4.74 Å². The van der Waals surface area contributed by atoms with Crippen LogP contribution in [0.1, 0.15) is 32.3 Å². The van der Waals surface area contributed by atoms with Crippen LogP contribution in [0.5, 0.6) is 5.75 Å². The molecule has 0 heterocycles. The molecule has 0 aliphatic carbocycles. The fourth-order valence-electron chi connectivity index (χ4n) is 1.51. The Morgan fingerprint density at radius 2 is 1.93 bits per heavy atom. The number of rotatable bonds is 6. The zero-order chi connectivity index (χ0) is 11.1. The second kappa shape index (κ2) is 6.28. The first-order valence-electron chi connectivity index (χ1n) is 5.66. The highest BCUT2D eigenvalue weighted by Gasteiger charge is 2.05. The number of para-hydroxylation sites is 1. The molecule has 0 atom stereocenters. The summed E-state index contributed by atoms with van der Waals surface area (Å²) < 4.78 is 5.80. The van der Waals surface area contributed by atoms with Crippen LogP contribution in [0.3, 0.4) is 0 Å². The Bertz CT molecular complexity index is 300. The van der Waals surface area contributed by atoms with Gasteiger partial charge < -0.3 is 4.74 Å². The summed E-state index contributed by atoms with van der Waals surface area (Å²) in [4.78, 5) is 0. The van der Waals surface area contributed by atoms with Gasteiger partial charge in [0.25, 0.3) is 0 Å². The molecule has 0 unspecified atom stereocenters. The van der Waals surface area contributed by atoms with Gasteiger partial charge in [-0.25, -0.2) is 0 Å². The Balaban J connectivity index is 2.60. The highest BCUT2D eigenvalue weighted by atomic mass is 16.5. The largest absolute Gasteiger partial charge is 0.493 e. The lowest BCUT2D eigenvalue weighted by molar-refractivity contribution is 0.240. The smallest absolute Gasteiger partial charge is 0.126 e. The maximum Gasteiger partial charge on any atom is 0.126 e. The van der Waals surface area contributed by atoms with Gasteiger partial charge in [-0.15, -0.1) is 0 Å². The summed E-state index contributed by atoms with van der Waals surface area (Å²) in [5.74, 6) is 1.60. The van der Waals surface area contributed by atoms with Crippen molar-refractivity contribution in [3.8, 4) is 5.75 Å². The Labute approximate surface area is 92.8 Å². The molecule has 82 valence electrons. The van der Waals surface area contributed by atoms with E-state index < -0.39 is 0 Å². The third-order valence-electron chi connectivity index (χ3n) is 2.77. The molecule has 1 rings (SSSR count). The van der Waals surface area contributed by atoms with Crippen molar-refractivity contribution in [2.75, 3.05) is 6.61 Å². The topological polar surface area (TPSA) is 9.23 Å². The molecule has 1 aromatic rings. The van der Waals surface area contributed by atoms with Gasteiger partial charge in [0.2, 0.25) is 0 Å². The van der Waals surface area contributed by atoms with E-state index in [2.05, 4.69) is 20.4 Å². The van der Waals surface area contributed by atoms with Crippen LogP contribution in [-0.2, 0) is 0 Å². The van der Waals surface area contributed by atoms with Crippen molar-refractivity contribution in [1.29, 1.82) is 0 Å². The Kier molecular flexibility index (Phi) is 4.96. The quantitative estimate of drug-likeness (QED) is 0.676. The molecule has 0 saturated heterocycles. The van der Waals surface area contributed by atoms with E-state index in [1.807, 2.05) is 30.3 Å². The lowest BCUT2D eigenvalue weighted by Crippen LogP contribution is -2.10. The summed E-state index contributed by atoms with van der Waals surface area (Å²) in [6.45, 7) is 8.99. The molecule has 0 bridgehead atoms. The molecule has 1 nitrogen and oxygen atoms in total. The van der Waals surface area contributed by atoms with Gasteiger partial charge in [-0.3, -0.25) is 0 Å². The minimum Gasteiger partial charge on any atom is -0.493 e. The predicted molar refractivity (Wildman–Crippen MR) is 66.1 cm³/mol. The van der Waals surface area contributed by atoms with E-state index in [9.17, 15) is 0 Å². The van der Waals surface area contributed by atoms with Crippen molar-refractivity contribution in [2.24, 2.45) is 5.92 Å². The SMILES string of the molecule is C=Cc1ccccc1OCC(CC)CC. The average molecular weight is 204 g/mol. The Hall–Kier alpha value is -1.24. The molecule has 0 aliphatic rings. The van der Waals surface area contributed by atoms with Gasteiger partial charge in [0.05, 0.1) is 6.61 Å². The highest BCUT2D eigenvalue weighted by molar-refractivity contribution is 5.55. The van der Waals surface area contributed by atoms with Crippen molar-refractivity contribution in [3.05, 3.63) is 36.4 Å². The second-order valence-electron chi connectivity index (χ2n) is 3.74. The normalized spacial score (nSPS) is 10.3. The number of benzene rings is 1. The van der Waals surface area contributed by atoms with Crippen molar-refractivity contribution in [2.45, 2.75) is 26.7 Å². The zero-order valence-electron chi connectivity index (χ0n) is 9.70. The van der Waals surface area contributed by atoms with Gasteiger partial charge in [0.1, 0.15) is 5.75 Å². The average Bonchev–Trinajstić information content (AvgIpc) is 2.31. The highest BCUT2D eigenvalue weighted by Crippen LogP contribution is 2.20. The molecule has 0 spiro atoms. The van der Waals surface area contributed by atoms with Gasteiger partial charge >= 0.3 is 0 Å². The molecule has 0 N–H and O–H groups in total. The van der Waals surface area contributed by atoms with Crippen LogP contribution in [0.15, 0.2) is 30.8 Å². The molecule has 0 radical (unpaired) electrons. The minimum absolute atomic E-state index is 0.655. The van der Waals surface area contributed by atoms with Crippen LogP contribution in [0.25, 0.3) is 6.08 Å². The summed E-state index contributed by atoms with van der Waals surface area (Å²) in [5.41, 5.74) is 1.07. The van der Waals surface area contributed by atoms with Crippen molar-refractivity contribution in [1.82, 2.24) is 0 Å². The third-order valence-corrected chi connectivity index (χ3v) is 2.77. The fraction of sp³-hybridized carbons (Fsp3) is 0.429. The molecule has 0 saturated carbocycles. The van der Waals surface area contributed by atoms with Crippen molar-refractivity contribution < 1.29 is 4.74 Å². The molecule has 15 heavy (non-hydrogen) atoms. The van der Waals surface area contributed by atoms with E-state index in [1.54, 1.807) is 0 Å². The third kappa shape index (κ3) is 3.43. The standard InChI is InChI=1S/C14H20O/c1-4-12(5-2)11-15-14-10-8-7-9-13(14)6-3/h6-10,12H,3-5,11H2,1-2H3. The van der Waals surface area contributed by atoms with E-state index in [1.165, 1.54) is 12.8 Å². The Morgan fingerprint density at radius 3 is 2.53 bits per heavy atom. The maximum atomic E-state index is 5.80. The molecule has 1 heteroatoms. The fourth-order valence-corrected chi connectivity index (χ4v) is 1.51. The summed E-state index contributed by atoms with van der Waals surface area (Å²) >= 11 is 0. The van der Waals surface area contributed by atoms with Crippen LogP contribution >= 0.6 is 0 Å². The second-order valence-corrected chi connectivity index (χ2v) is 3.74. The van der Waals surface area contributed by atoms with E-state index >= 15 is 0 Å². The molecule has 1 aromatic carbocycles. The number of hydrogen-bond donors (Lipinski definition) is 0. The molecule has 0 amide bonds. The van der Waals surface area contributed by atoms with Gasteiger partial charge in [0, 0.05) is 5.56 Å². The minimum atomic E-state index is 0.655. The predicted octanol–water partition coefficient (Wildman–Crippen LogP) is 4.14. The molecule has 0 aromatic heterocycles.